The summed E-state index contributed by atoms with van der Waals surface area (Å²) in [4.78, 5) is 6.48. The lowest BCUT2D eigenvalue weighted by Gasteiger charge is -2.22. The van der Waals surface area contributed by atoms with Crippen LogP contribution in [0.15, 0.2) is 32.4 Å². The van der Waals surface area contributed by atoms with Gasteiger partial charge in [0.1, 0.15) is 5.76 Å². The summed E-state index contributed by atoms with van der Waals surface area (Å²) in [7, 11) is 5.80. The first-order valence-electron chi connectivity index (χ1n) is 8.09. The third-order valence-corrected chi connectivity index (χ3v) is 4.17. The second kappa shape index (κ2) is 8.37. The van der Waals surface area contributed by atoms with Gasteiger partial charge >= 0.3 is 0 Å². The van der Waals surface area contributed by atoms with Gasteiger partial charge in [-0.25, -0.2) is 0 Å². The van der Waals surface area contributed by atoms with E-state index in [2.05, 4.69) is 56.3 Å². The lowest BCUT2D eigenvalue weighted by atomic mass is 10.1. The number of hydrogen-bond donors (Lipinski definition) is 1. The zero-order valence-electron chi connectivity index (χ0n) is 15.0. The third-order valence-electron chi connectivity index (χ3n) is 3.75. The number of aryl methyl sites for hydroxylation is 1. The van der Waals surface area contributed by atoms with Crippen LogP contribution in [0, 0.1) is 0 Å². The van der Waals surface area contributed by atoms with Crippen molar-refractivity contribution < 1.29 is 4.42 Å². The van der Waals surface area contributed by atoms with E-state index in [-0.39, 0.29) is 0 Å². The van der Waals surface area contributed by atoms with Gasteiger partial charge in [-0.1, -0.05) is 13.8 Å². The predicted octanol–water partition coefficient (Wildman–Crippen LogP) is 3.15. The van der Waals surface area contributed by atoms with Crippen molar-refractivity contribution in [1.82, 2.24) is 20.0 Å². The number of hydrogen-bond acceptors (Lipinski definition) is 3. The van der Waals surface area contributed by atoms with Crippen LogP contribution in [0.5, 0.6) is 0 Å². The van der Waals surface area contributed by atoms with E-state index in [9.17, 15) is 0 Å². The lowest BCUT2D eigenvalue weighted by molar-refractivity contribution is 0.462. The molecule has 0 saturated carbocycles. The van der Waals surface area contributed by atoms with Crippen LogP contribution in [0.25, 0.3) is 0 Å². The van der Waals surface area contributed by atoms with E-state index >= 15 is 0 Å². The van der Waals surface area contributed by atoms with Gasteiger partial charge in [0.2, 0.25) is 0 Å². The molecule has 0 spiro atoms. The molecule has 6 nitrogen and oxygen atoms in total. The summed E-state index contributed by atoms with van der Waals surface area (Å²) in [6.07, 6.45) is 2.89. The SMILES string of the molecule is CN=C(NCCc1ccc(Br)o1)N(C)Cc1cn(C)nc1C(C)C. The molecule has 0 atom stereocenters. The zero-order valence-corrected chi connectivity index (χ0v) is 16.6. The molecule has 0 fully saturated rings. The molecule has 2 rings (SSSR count). The maximum atomic E-state index is 5.51. The highest BCUT2D eigenvalue weighted by atomic mass is 79.9. The van der Waals surface area contributed by atoms with Crippen LogP contribution in [0.1, 0.15) is 36.8 Å². The van der Waals surface area contributed by atoms with Gasteiger partial charge < -0.3 is 14.6 Å². The summed E-state index contributed by atoms with van der Waals surface area (Å²) in [6, 6.07) is 3.88. The molecule has 0 aliphatic heterocycles. The minimum absolute atomic E-state index is 0.405. The van der Waals surface area contributed by atoms with Crippen LogP contribution in [0.4, 0.5) is 0 Å². The maximum Gasteiger partial charge on any atom is 0.193 e. The molecule has 0 aromatic carbocycles. The highest BCUT2D eigenvalue weighted by Crippen LogP contribution is 2.18. The number of furan rings is 1. The number of aromatic nitrogens is 2. The Labute approximate surface area is 152 Å². The first-order chi connectivity index (χ1) is 11.4. The summed E-state index contributed by atoms with van der Waals surface area (Å²) in [5.74, 6) is 2.21. The second-order valence-electron chi connectivity index (χ2n) is 6.15. The standard InChI is InChI=1S/C17H26BrN5O/c1-12(2)16-13(11-23(5)21-16)10-22(4)17(19-3)20-9-8-14-6-7-15(18)24-14/h6-7,11-12H,8-10H2,1-5H3,(H,19,20). The fourth-order valence-corrected chi connectivity index (χ4v) is 3.00. The Bertz CT molecular complexity index is 689. The van der Waals surface area contributed by atoms with Gasteiger partial charge in [0, 0.05) is 52.4 Å². The topological polar surface area (TPSA) is 58.6 Å². The van der Waals surface area contributed by atoms with Crippen LogP contribution < -0.4 is 5.32 Å². The molecule has 1 N–H and O–H groups in total. The van der Waals surface area contributed by atoms with Gasteiger partial charge in [-0.3, -0.25) is 9.67 Å². The van der Waals surface area contributed by atoms with Crippen LogP contribution in [-0.2, 0) is 20.0 Å². The molecule has 0 amide bonds. The number of nitrogens with one attached hydrogen (secondary N) is 1. The highest BCUT2D eigenvalue weighted by Gasteiger charge is 2.15. The van der Waals surface area contributed by atoms with Gasteiger partial charge in [-0.15, -0.1) is 0 Å². The molecular formula is C17H26BrN5O. The summed E-state index contributed by atoms with van der Waals surface area (Å²) in [5.41, 5.74) is 2.37. The van der Waals surface area contributed by atoms with E-state index in [1.165, 1.54) is 5.56 Å². The molecule has 0 saturated heterocycles. The molecule has 0 aliphatic carbocycles. The average molecular weight is 396 g/mol. The summed E-state index contributed by atoms with van der Waals surface area (Å²) < 4.78 is 8.15. The molecule has 7 heteroatoms. The first kappa shape index (κ1) is 18.6. The summed E-state index contributed by atoms with van der Waals surface area (Å²) in [6.45, 7) is 5.87. The van der Waals surface area contributed by atoms with E-state index < -0.39 is 0 Å². The monoisotopic (exact) mass is 395 g/mol. The van der Waals surface area contributed by atoms with Gasteiger partial charge in [0.05, 0.1) is 5.69 Å². The Morgan fingerprint density at radius 2 is 2.21 bits per heavy atom. The van der Waals surface area contributed by atoms with Crippen molar-refractivity contribution in [3.63, 3.8) is 0 Å². The maximum absolute atomic E-state index is 5.51. The van der Waals surface area contributed by atoms with Crippen LogP contribution in [0.2, 0.25) is 0 Å². The van der Waals surface area contributed by atoms with Gasteiger partial charge in [-0.05, 0) is 34.0 Å². The Balaban J connectivity index is 1.93. The van der Waals surface area contributed by atoms with Crippen molar-refractivity contribution in [1.29, 1.82) is 0 Å². The van der Waals surface area contributed by atoms with E-state index in [4.69, 9.17) is 4.42 Å². The fraction of sp³-hybridized carbons (Fsp3) is 0.529. The molecule has 132 valence electrons. The summed E-state index contributed by atoms with van der Waals surface area (Å²) in [5, 5.41) is 7.94. The van der Waals surface area contributed by atoms with Gasteiger partial charge in [0.15, 0.2) is 10.6 Å². The van der Waals surface area contributed by atoms with E-state index in [1.54, 1.807) is 7.05 Å². The molecule has 2 aromatic heterocycles. The van der Waals surface area contributed by atoms with Crippen molar-refractivity contribution in [2.75, 3.05) is 20.6 Å². The van der Waals surface area contributed by atoms with Crippen molar-refractivity contribution in [2.24, 2.45) is 12.0 Å². The van der Waals surface area contributed by atoms with Crippen molar-refractivity contribution in [2.45, 2.75) is 32.7 Å². The molecule has 0 unspecified atom stereocenters. The zero-order chi connectivity index (χ0) is 17.7. The molecule has 24 heavy (non-hydrogen) atoms. The Hall–Kier alpha value is -1.76. The van der Waals surface area contributed by atoms with Crippen LogP contribution >= 0.6 is 15.9 Å². The Kier molecular flexibility index (Phi) is 6.48. The largest absolute Gasteiger partial charge is 0.454 e. The van der Waals surface area contributed by atoms with Crippen molar-refractivity contribution in [3.8, 4) is 0 Å². The molecule has 0 radical (unpaired) electrons. The molecular weight excluding hydrogens is 370 g/mol. The minimum atomic E-state index is 0.405. The summed E-state index contributed by atoms with van der Waals surface area (Å²) >= 11 is 3.32. The van der Waals surface area contributed by atoms with Crippen LogP contribution in [-0.4, -0.2) is 41.3 Å². The minimum Gasteiger partial charge on any atom is -0.454 e. The number of halogens is 1. The van der Waals surface area contributed by atoms with Gasteiger partial charge in [0.25, 0.3) is 0 Å². The number of rotatable bonds is 6. The Morgan fingerprint density at radius 3 is 2.79 bits per heavy atom. The van der Waals surface area contributed by atoms with Crippen molar-refractivity contribution >= 4 is 21.9 Å². The first-order valence-corrected chi connectivity index (χ1v) is 8.88. The highest BCUT2D eigenvalue weighted by molar-refractivity contribution is 9.10. The smallest absolute Gasteiger partial charge is 0.193 e. The molecule has 2 aromatic rings. The average Bonchev–Trinajstić information content (AvgIpc) is 3.09. The lowest BCUT2D eigenvalue weighted by Crippen LogP contribution is -2.39. The van der Waals surface area contributed by atoms with Gasteiger partial charge in [-0.2, -0.15) is 5.10 Å². The third kappa shape index (κ3) is 4.87. The molecule has 2 heterocycles. The van der Waals surface area contributed by atoms with Crippen LogP contribution in [0.3, 0.4) is 0 Å². The Morgan fingerprint density at radius 1 is 1.46 bits per heavy atom. The molecule has 0 bridgehead atoms. The predicted molar refractivity (Wildman–Crippen MR) is 100 cm³/mol. The van der Waals surface area contributed by atoms with E-state index in [0.29, 0.717) is 5.92 Å². The number of guanidine groups is 1. The van der Waals surface area contributed by atoms with E-state index in [1.807, 2.05) is 30.9 Å². The quantitative estimate of drug-likeness (QED) is 0.602. The van der Waals surface area contributed by atoms with Crippen molar-refractivity contribution in [3.05, 3.63) is 40.0 Å². The molecule has 0 aliphatic rings. The normalized spacial score (nSPS) is 12.0. The fourth-order valence-electron chi connectivity index (χ4n) is 2.66. The van der Waals surface area contributed by atoms with E-state index in [0.717, 1.165) is 41.6 Å². The number of nitrogens with zero attached hydrogens (tertiary/aromatic N) is 4. The number of aliphatic imine (C=N–C) groups is 1. The second-order valence-corrected chi connectivity index (χ2v) is 6.94.